The number of carbonyl (C=O) groups excluding carboxylic acids is 2. The fourth-order valence-corrected chi connectivity index (χ4v) is 3.51. The first-order valence-electron chi connectivity index (χ1n) is 10.1. The standard InChI is InChI=1S/C24H19N5O2/c30-22(16-7-2-1-3-8-16)20-11-4-5-12-21(20)24(31)25-18-10-6-9-17(15-18)23-26-27-28-29(23)19-13-14-19/h1-12,15,19H,13-14H2,(H,25,31). The molecule has 0 spiro atoms. The Labute approximate surface area is 178 Å². The van der Waals surface area contributed by atoms with Gasteiger partial charge in [0.15, 0.2) is 11.6 Å². The Morgan fingerprint density at radius 2 is 1.61 bits per heavy atom. The highest BCUT2D eigenvalue weighted by Gasteiger charge is 2.28. The second-order valence-corrected chi connectivity index (χ2v) is 7.45. The fraction of sp³-hybridized carbons (Fsp3) is 0.125. The predicted molar refractivity (Wildman–Crippen MR) is 116 cm³/mol. The molecule has 7 nitrogen and oxygen atoms in total. The summed E-state index contributed by atoms with van der Waals surface area (Å²) < 4.78 is 1.83. The molecule has 1 N–H and O–H groups in total. The number of tetrazole rings is 1. The van der Waals surface area contributed by atoms with Crippen molar-refractivity contribution in [3.63, 3.8) is 0 Å². The molecule has 0 unspecified atom stereocenters. The maximum absolute atomic E-state index is 13.0. The Morgan fingerprint density at radius 1 is 0.871 bits per heavy atom. The van der Waals surface area contributed by atoms with E-state index in [1.165, 1.54) is 0 Å². The van der Waals surface area contributed by atoms with E-state index < -0.39 is 0 Å². The summed E-state index contributed by atoms with van der Waals surface area (Å²) >= 11 is 0. The van der Waals surface area contributed by atoms with Gasteiger partial charge >= 0.3 is 0 Å². The number of anilines is 1. The molecule has 152 valence electrons. The Balaban J connectivity index is 1.41. The first-order chi connectivity index (χ1) is 15.2. The summed E-state index contributed by atoms with van der Waals surface area (Å²) in [6.45, 7) is 0. The van der Waals surface area contributed by atoms with Crippen LogP contribution in [-0.4, -0.2) is 31.9 Å². The molecular weight excluding hydrogens is 390 g/mol. The summed E-state index contributed by atoms with van der Waals surface area (Å²) in [6.07, 6.45) is 2.14. The summed E-state index contributed by atoms with van der Waals surface area (Å²) in [5, 5.41) is 14.9. The van der Waals surface area contributed by atoms with E-state index >= 15 is 0 Å². The highest BCUT2D eigenvalue weighted by molar-refractivity contribution is 6.17. The normalized spacial score (nSPS) is 13.0. The van der Waals surface area contributed by atoms with Gasteiger partial charge in [0, 0.05) is 22.4 Å². The van der Waals surface area contributed by atoms with E-state index in [4.69, 9.17) is 0 Å². The van der Waals surface area contributed by atoms with Crippen LogP contribution in [-0.2, 0) is 0 Å². The third-order valence-corrected chi connectivity index (χ3v) is 5.22. The molecule has 0 bridgehead atoms. The van der Waals surface area contributed by atoms with E-state index in [0.717, 1.165) is 18.4 Å². The van der Waals surface area contributed by atoms with E-state index in [1.807, 2.05) is 28.9 Å². The van der Waals surface area contributed by atoms with Gasteiger partial charge in [-0.15, -0.1) is 5.10 Å². The van der Waals surface area contributed by atoms with Crippen molar-refractivity contribution < 1.29 is 9.59 Å². The fourth-order valence-electron chi connectivity index (χ4n) is 3.51. The quantitative estimate of drug-likeness (QED) is 0.483. The van der Waals surface area contributed by atoms with Crippen LogP contribution in [0.3, 0.4) is 0 Å². The third-order valence-electron chi connectivity index (χ3n) is 5.22. The van der Waals surface area contributed by atoms with Crippen LogP contribution in [0.25, 0.3) is 11.4 Å². The Hall–Kier alpha value is -4.13. The molecule has 1 aliphatic carbocycles. The zero-order valence-electron chi connectivity index (χ0n) is 16.6. The number of rotatable bonds is 6. The molecule has 1 amide bonds. The molecule has 1 saturated carbocycles. The van der Waals surface area contributed by atoms with Crippen LogP contribution in [0.2, 0.25) is 0 Å². The molecule has 1 heterocycles. The van der Waals surface area contributed by atoms with Crippen molar-refractivity contribution in [2.24, 2.45) is 0 Å². The van der Waals surface area contributed by atoms with Gasteiger partial charge in [-0.2, -0.15) is 0 Å². The average Bonchev–Trinajstić information content (AvgIpc) is 3.55. The van der Waals surface area contributed by atoms with Gasteiger partial charge in [0.1, 0.15) is 0 Å². The van der Waals surface area contributed by atoms with Gasteiger partial charge in [-0.3, -0.25) is 9.59 Å². The molecule has 3 aromatic carbocycles. The molecular formula is C24H19N5O2. The van der Waals surface area contributed by atoms with Crippen LogP contribution in [0, 0.1) is 0 Å². The summed E-state index contributed by atoms with van der Waals surface area (Å²) in [5.41, 5.74) is 2.65. The summed E-state index contributed by atoms with van der Waals surface area (Å²) in [5.74, 6) is 0.140. The van der Waals surface area contributed by atoms with E-state index in [9.17, 15) is 9.59 Å². The zero-order chi connectivity index (χ0) is 21.2. The van der Waals surface area contributed by atoms with E-state index in [1.54, 1.807) is 54.6 Å². The average molecular weight is 409 g/mol. The molecule has 1 aliphatic rings. The Bertz CT molecular complexity index is 1260. The first-order valence-corrected chi connectivity index (χ1v) is 10.1. The van der Waals surface area contributed by atoms with Crippen molar-refractivity contribution in [3.05, 3.63) is 95.6 Å². The van der Waals surface area contributed by atoms with Crippen LogP contribution in [0.1, 0.15) is 45.2 Å². The number of benzene rings is 3. The van der Waals surface area contributed by atoms with E-state index in [-0.39, 0.29) is 11.7 Å². The molecule has 5 rings (SSSR count). The number of hydrogen-bond acceptors (Lipinski definition) is 5. The maximum atomic E-state index is 13.0. The largest absolute Gasteiger partial charge is 0.322 e. The number of nitrogens with zero attached hydrogens (tertiary/aromatic N) is 4. The topological polar surface area (TPSA) is 89.8 Å². The van der Waals surface area contributed by atoms with Crippen molar-refractivity contribution in [1.29, 1.82) is 0 Å². The van der Waals surface area contributed by atoms with Crippen molar-refractivity contribution in [3.8, 4) is 11.4 Å². The van der Waals surface area contributed by atoms with Crippen molar-refractivity contribution in [1.82, 2.24) is 20.2 Å². The van der Waals surface area contributed by atoms with Gasteiger partial charge in [-0.25, -0.2) is 4.68 Å². The molecule has 1 fully saturated rings. The molecule has 1 aromatic heterocycles. The second kappa shape index (κ2) is 7.95. The number of amides is 1. The summed E-state index contributed by atoms with van der Waals surface area (Å²) in [7, 11) is 0. The third kappa shape index (κ3) is 3.85. The molecule has 0 saturated heterocycles. The minimum atomic E-state index is -0.348. The van der Waals surface area contributed by atoms with Gasteiger partial charge < -0.3 is 5.32 Å². The van der Waals surface area contributed by atoms with Gasteiger partial charge in [0.05, 0.1) is 11.6 Å². The summed E-state index contributed by atoms with van der Waals surface area (Å²) in [6, 6.07) is 23.5. The minimum Gasteiger partial charge on any atom is -0.322 e. The molecule has 0 aliphatic heterocycles. The van der Waals surface area contributed by atoms with Crippen molar-refractivity contribution >= 4 is 17.4 Å². The highest BCUT2D eigenvalue weighted by Crippen LogP contribution is 2.36. The SMILES string of the molecule is O=C(Nc1cccc(-c2nnnn2C2CC2)c1)c1ccccc1C(=O)c1ccccc1. The van der Waals surface area contributed by atoms with E-state index in [2.05, 4.69) is 20.8 Å². The van der Waals surface area contributed by atoms with Gasteiger partial charge in [-0.1, -0.05) is 60.7 Å². The van der Waals surface area contributed by atoms with Gasteiger partial charge in [0.25, 0.3) is 5.91 Å². The van der Waals surface area contributed by atoms with Gasteiger partial charge in [-0.05, 0) is 41.5 Å². The van der Waals surface area contributed by atoms with Crippen LogP contribution in [0.4, 0.5) is 5.69 Å². The Morgan fingerprint density at radius 3 is 2.39 bits per heavy atom. The van der Waals surface area contributed by atoms with Crippen LogP contribution in [0.5, 0.6) is 0 Å². The number of ketones is 1. The minimum absolute atomic E-state index is 0.191. The number of carbonyl (C=O) groups is 2. The molecule has 4 aromatic rings. The van der Waals surface area contributed by atoms with E-state index in [0.29, 0.717) is 34.2 Å². The maximum Gasteiger partial charge on any atom is 0.256 e. The lowest BCUT2D eigenvalue weighted by Crippen LogP contribution is -2.17. The zero-order valence-corrected chi connectivity index (χ0v) is 16.6. The second-order valence-electron chi connectivity index (χ2n) is 7.45. The molecule has 31 heavy (non-hydrogen) atoms. The van der Waals surface area contributed by atoms with Crippen molar-refractivity contribution in [2.75, 3.05) is 5.32 Å². The molecule has 0 atom stereocenters. The summed E-state index contributed by atoms with van der Waals surface area (Å²) in [4.78, 5) is 26.0. The number of aromatic nitrogens is 4. The number of nitrogens with one attached hydrogen (secondary N) is 1. The van der Waals surface area contributed by atoms with Crippen molar-refractivity contribution in [2.45, 2.75) is 18.9 Å². The lowest BCUT2D eigenvalue weighted by molar-refractivity contribution is 0.0996. The van der Waals surface area contributed by atoms with Crippen LogP contribution < -0.4 is 5.32 Å². The van der Waals surface area contributed by atoms with Crippen LogP contribution >= 0.6 is 0 Å². The molecule has 7 heteroatoms. The lowest BCUT2D eigenvalue weighted by atomic mass is 9.98. The number of hydrogen-bond donors (Lipinski definition) is 1. The first kappa shape index (κ1) is 18.9. The monoisotopic (exact) mass is 409 g/mol. The lowest BCUT2D eigenvalue weighted by Gasteiger charge is -2.11. The Kier molecular flexibility index (Phi) is 4.84. The van der Waals surface area contributed by atoms with Gasteiger partial charge in [0.2, 0.25) is 0 Å². The molecule has 0 radical (unpaired) electrons. The highest BCUT2D eigenvalue weighted by atomic mass is 16.2. The predicted octanol–water partition coefficient (Wildman–Crippen LogP) is 4.16. The smallest absolute Gasteiger partial charge is 0.256 e. The van der Waals surface area contributed by atoms with Crippen LogP contribution in [0.15, 0.2) is 78.9 Å².